The summed E-state index contributed by atoms with van der Waals surface area (Å²) in [4.78, 5) is 29.7. The maximum atomic E-state index is 12.7. The topological polar surface area (TPSA) is 76.0 Å². The van der Waals surface area contributed by atoms with Gasteiger partial charge >= 0.3 is 0 Å². The van der Waals surface area contributed by atoms with Crippen molar-refractivity contribution in [1.82, 2.24) is 14.9 Å². The van der Waals surface area contributed by atoms with Crippen molar-refractivity contribution in [3.63, 3.8) is 0 Å². The van der Waals surface area contributed by atoms with Crippen molar-refractivity contribution in [2.75, 3.05) is 11.9 Å². The summed E-state index contributed by atoms with van der Waals surface area (Å²) in [5, 5.41) is 5.84. The van der Waals surface area contributed by atoms with Crippen LogP contribution in [0.2, 0.25) is 0 Å². The van der Waals surface area contributed by atoms with Crippen LogP contribution in [0.15, 0.2) is 83.3 Å². The maximum Gasteiger partial charge on any atom is 0.251 e. The van der Waals surface area contributed by atoms with Gasteiger partial charge in [0.05, 0.1) is 11.0 Å². The van der Waals surface area contributed by atoms with Gasteiger partial charge in [0.2, 0.25) is 5.91 Å². The fourth-order valence-corrected chi connectivity index (χ4v) is 3.61. The molecule has 2 N–H and O–H groups in total. The number of nitrogens with one attached hydrogen (secondary N) is 2. The summed E-state index contributed by atoms with van der Waals surface area (Å²) in [6, 6.07) is 24.2. The highest BCUT2D eigenvalue weighted by Gasteiger charge is 2.14. The van der Waals surface area contributed by atoms with Crippen LogP contribution in [0.3, 0.4) is 0 Å². The number of hydrogen-bond acceptors (Lipinski definition) is 3. The predicted octanol–water partition coefficient (Wildman–Crippen LogP) is 4.41. The lowest BCUT2D eigenvalue weighted by atomic mass is 10.2. The number of hydrogen-bond donors (Lipinski definition) is 2. The van der Waals surface area contributed by atoms with E-state index in [9.17, 15) is 9.59 Å². The van der Waals surface area contributed by atoms with Crippen molar-refractivity contribution >= 4 is 44.5 Å². The van der Waals surface area contributed by atoms with E-state index in [-0.39, 0.29) is 18.4 Å². The van der Waals surface area contributed by atoms with E-state index in [1.54, 1.807) is 12.1 Å². The van der Waals surface area contributed by atoms with Gasteiger partial charge in [-0.3, -0.25) is 9.59 Å². The molecule has 0 aliphatic heterocycles. The van der Waals surface area contributed by atoms with Crippen molar-refractivity contribution in [1.29, 1.82) is 0 Å². The summed E-state index contributed by atoms with van der Waals surface area (Å²) in [5.41, 5.74) is 3.06. The standard InChI is InChI=1S/C24H21BrN4O2/c25-18-10-12-19(13-11-18)27-23(30)16-29-21-9-5-4-8-20(21)28-22(29)14-15-26-24(31)17-6-2-1-3-7-17/h1-13H,14-16H2,(H,26,31)(H,27,30). The van der Waals surface area contributed by atoms with E-state index in [1.165, 1.54) is 0 Å². The Bertz CT molecular complexity index is 1200. The number of imidazole rings is 1. The molecule has 0 fully saturated rings. The molecule has 7 heteroatoms. The summed E-state index contributed by atoms with van der Waals surface area (Å²) in [5.74, 6) is 0.483. The minimum Gasteiger partial charge on any atom is -0.352 e. The van der Waals surface area contributed by atoms with Crippen LogP contribution in [0.5, 0.6) is 0 Å². The summed E-state index contributed by atoms with van der Waals surface area (Å²) in [6.07, 6.45) is 0.513. The Morgan fingerprint density at radius 2 is 1.61 bits per heavy atom. The molecule has 1 aromatic heterocycles. The SMILES string of the molecule is O=C(Cn1c(CCNC(=O)c2ccccc2)nc2ccccc21)Nc1ccc(Br)cc1. The molecule has 0 unspecified atom stereocenters. The molecule has 156 valence electrons. The molecular formula is C24H21BrN4O2. The second kappa shape index (κ2) is 9.57. The molecule has 0 saturated heterocycles. The Kier molecular flexibility index (Phi) is 6.43. The van der Waals surface area contributed by atoms with Gasteiger partial charge in [-0.2, -0.15) is 0 Å². The third-order valence-electron chi connectivity index (χ3n) is 4.83. The van der Waals surface area contributed by atoms with Gasteiger partial charge < -0.3 is 15.2 Å². The van der Waals surface area contributed by atoms with Crippen molar-refractivity contribution in [3.05, 3.63) is 94.7 Å². The minimum atomic E-state index is -0.139. The number of anilines is 1. The molecule has 0 bridgehead atoms. The van der Waals surface area contributed by atoms with Crippen LogP contribution in [-0.2, 0) is 17.8 Å². The maximum absolute atomic E-state index is 12.7. The molecule has 2 amide bonds. The number of rotatable bonds is 7. The summed E-state index contributed by atoms with van der Waals surface area (Å²) >= 11 is 3.39. The average molecular weight is 477 g/mol. The first kappa shape index (κ1) is 20.8. The normalized spacial score (nSPS) is 10.7. The molecule has 3 aromatic carbocycles. The second-order valence-electron chi connectivity index (χ2n) is 7.03. The zero-order valence-electron chi connectivity index (χ0n) is 16.7. The molecular weight excluding hydrogens is 456 g/mol. The van der Waals surface area contributed by atoms with E-state index in [2.05, 4.69) is 31.5 Å². The molecule has 0 atom stereocenters. The lowest BCUT2D eigenvalue weighted by Crippen LogP contribution is -2.27. The van der Waals surface area contributed by atoms with Gasteiger partial charge in [0.1, 0.15) is 12.4 Å². The van der Waals surface area contributed by atoms with Crippen molar-refractivity contribution in [2.24, 2.45) is 0 Å². The first-order valence-electron chi connectivity index (χ1n) is 9.93. The number of amides is 2. The zero-order chi connectivity index (χ0) is 21.6. The number of benzene rings is 3. The fraction of sp³-hybridized carbons (Fsp3) is 0.125. The van der Waals surface area contributed by atoms with E-state index < -0.39 is 0 Å². The number of aromatic nitrogens is 2. The van der Waals surface area contributed by atoms with Crippen LogP contribution in [0, 0.1) is 0 Å². The van der Waals surface area contributed by atoms with Crippen LogP contribution in [0.1, 0.15) is 16.2 Å². The Hall–Kier alpha value is -3.45. The Labute approximate surface area is 188 Å². The zero-order valence-corrected chi connectivity index (χ0v) is 18.3. The number of nitrogens with zero attached hydrogens (tertiary/aromatic N) is 2. The van der Waals surface area contributed by atoms with E-state index in [0.29, 0.717) is 18.5 Å². The minimum absolute atomic E-state index is 0.128. The fourth-order valence-electron chi connectivity index (χ4n) is 3.35. The van der Waals surface area contributed by atoms with Crippen LogP contribution < -0.4 is 10.6 Å². The number of halogens is 1. The predicted molar refractivity (Wildman–Crippen MR) is 125 cm³/mol. The molecule has 0 spiro atoms. The largest absolute Gasteiger partial charge is 0.352 e. The van der Waals surface area contributed by atoms with Crippen LogP contribution in [-0.4, -0.2) is 27.9 Å². The highest BCUT2D eigenvalue weighted by atomic mass is 79.9. The summed E-state index contributed by atoms with van der Waals surface area (Å²) in [6.45, 7) is 0.559. The van der Waals surface area contributed by atoms with E-state index in [4.69, 9.17) is 0 Å². The lowest BCUT2D eigenvalue weighted by Gasteiger charge is -2.11. The molecule has 0 radical (unpaired) electrons. The summed E-state index contributed by atoms with van der Waals surface area (Å²) < 4.78 is 2.85. The highest BCUT2D eigenvalue weighted by molar-refractivity contribution is 9.10. The Morgan fingerprint density at radius 1 is 0.903 bits per heavy atom. The highest BCUT2D eigenvalue weighted by Crippen LogP contribution is 2.18. The van der Waals surface area contributed by atoms with Crippen LogP contribution >= 0.6 is 15.9 Å². The second-order valence-corrected chi connectivity index (χ2v) is 7.95. The monoisotopic (exact) mass is 476 g/mol. The molecule has 0 saturated carbocycles. The van der Waals surface area contributed by atoms with Gasteiger partial charge in [-0.05, 0) is 48.5 Å². The molecule has 0 aliphatic carbocycles. The van der Waals surface area contributed by atoms with E-state index in [0.717, 1.165) is 27.0 Å². The van der Waals surface area contributed by atoms with E-state index in [1.807, 2.05) is 71.3 Å². The number of carbonyl (C=O) groups is 2. The molecule has 4 rings (SSSR count). The van der Waals surface area contributed by atoms with Gasteiger partial charge in [0.25, 0.3) is 5.91 Å². The van der Waals surface area contributed by atoms with Crippen molar-refractivity contribution in [3.8, 4) is 0 Å². The van der Waals surface area contributed by atoms with Gasteiger partial charge in [-0.1, -0.05) is 46.3 Å². The first-order valence-corrected chi connectivity index (χ1v) is 10.7. The Morgan fingerprint density at radius 3 is 2.39 bits per heavy atom. The number of fused-ring (bicyclic) bond motifs is 1. The number of para-hydroxylation sites is 2. The third-order valence-corrected chi connectivity index (χ3v) is 5.36. The average Bonchev–Trinajstić information content (AvgIpc) is 3.13. The van der Waals surface area contributed by atoms with Gasteiger partial charge in [-0.25, -0.2) is 4.98 Å². The third kappa shape index (κ3) is 5.19. The van der Waals surface area contributed by atoms with Gasteiger partial charge in [-0.15, -0.1) is 0 Å². The first-order chi connectivity index (χ1) is 15.1. The Balaban J connectivity index is 1.47. The van der Waals surface area contributed by atoms with Gasteiger partial charge in [0, 0.05) is 28.7 Å². The van der Waals surface area contributed by atoms with Crippen molar-refractivity contribution in [2.45, 2.75) is 13.0 Å². The van der Waals surface area contributed by atoms with Crippen LogP contribution in [0.4, 0.5) is 5.69 Å². The summed E-state index contributed by atoms with van der Waals surface area (Å²) in [7, 11) is 0. The molecule has 6 nitrogen and oxygen atoms in total. The smallest absolute Gasteiger partial charge is 0.251 e. The lowest BCUT2D eigenvalue weighted by molar-refractivity contribution is -0.116. The molecule has 31 heavy (non-hydrogen) atoms. The number of carbonyl (C=O) groups excluding carboxylic acids is 2. The molecule has 1 heterocycles. The van der Waals surface area contributed by atoms with Gasteiger partial charge in [0.15, 0.2) is 0 Å². The van der Waals surface area contributed by atoms with Crippen LogP contribution in [0.25, 0.3) is 11.0 Å². The molecule has 4 aromatic rings. The quantitative estimate of drug-likeness (QED) is 0.414. The molecule has 0 aliphatic rings. The van der Waals surface area contributed by atoms with E-state index >= 15 is 0 Å². The van der Waals surface area contributed by atoms with Crippen molar-refractivity contribution < 1.29 is 9.59 Å².